The molecule has 2 aromatic heterocycles. The van der Waals surface area contributed by atoms with Crippen LogP contribution >= 0.6 is 0 Å². The van der Waals surface area contributed by atoms with Gasteiger partial charge >= 0.3 is 0 Å². The number of H-pyrrole nitrogens is 1. The maximum atomic E-state index is 11.8. The summed E-state index contributed by atoms with van der Waals surface area (Å²) in [6.07, 6.45) is -3.79. The van der Waals surface area contributed by atoms with E-state index in [2.05, 4.69) is 15.0 Å². The summed E-state index contributed by atoms with van der Waals surface area (Å²) < 4.78 is 33.3. The highest BCUT2D eigenvalue weighted by atomic mass is 16.6. The van der Waals surface area contributed by atoms with Crippen LogP contribution in [0.2, 0.25) is 0 Å². The van der Waals surface area contributed by atoms with Gasteiger partial charge in [-0.05, 0) is 0 Å². The molecule has 3 rings (SSSR count). The lowest BCUT2D eigenvalue weighted by atomic mass is 10.1. The first-order valence-corrected chi connectivity index (χ1v) is 6.06. The maximum Gasteiger partial charge on any atom is 0.280 e. The summed E-state index contributed by atoms with van der Waals surface area (Å²) in [6, 6.07) is 0. The van der Waals surface area contributed by atoms with Crippen LogP contribution in [0.5, 0.6) is 0 Å². The van der Waals surface area contributed by atoms with Crippen molar-refractivity contribution in [2.45, 2.75) is 24.5 Å². The Morgan fingerprint density at radius 2 is 2.52 bits per heavy atom. The summed E-state index contributed by atoms with van der Waals surface area (Å²) in [5, 5.41) is 19.4. The Bertz CT molecular complexity index is 805. The molecule has 0 radical (unpaired) electrons. The fourth-order valence-corrected chi connectivity index (χ4v) is 2.35. The highest BCUT2D eigenvalue weighted by molar-refractivity contribution is 5.70. The van der Waals surface area contributed by atoms with Crippen molar-refractivity contribution in [1.82, 2.24) is 19.5 Å². The summed E-state index contributed by atoms with van der Waals surface area (Å²) in [6.45, 7) is -0.554. The fraction of sp³-hybridized carbons (Fsp3) is 0.545. The third-order valence-electron chi connectivity index (χ3n) is 3.35. The molecule has 1 aliphatic heterocycles. The number of aliphatic hydroxyl groups excluding tert-OH is 2. The number of aliphatic hydroxyl groups is 2. The molecule has 1 saturated heterocycles. The van der Waals surface area contributed by atoms with Crippen molar-refractivity contribution in [3.8, 4) is 0 Å². The molecule has 10 nitrogen and oxygen atoms in total. The summed E-state index contributed by atoms with van der Waals surface area (Å²) in [4.78, 5) is 21.9. The first-order valence-electron chi connectivity index (χ1n) is 7.56. The van der Waals surface area contributed by atoms with Crippen LogP contribution in [0.15, 0.2) is 11.1 Å². The molecular weight excluding hydrogens is 282 g/mol. The summed E-state index contributed by atoms with van der Waals surface area (Å²) in [7, 11) is -2.81. The number of nitrogens with two attached hydrogens (primary N) is 1. The maximum absolute atomic E-state index is 11.8. The number of aromatic nitrogens is 4. The van der Waals surface area contributed by atoms with Crippen molar-refractivity contribution in [3.63, 3.8) is 0 Å². The Balaban J connectivity index is 2.07. The van der Waals surface area contributed by atoms with Gasteiger partial charge in [-0.25, -0.2) is 4.98 Å². The Morgan fingerprint density at radius 3 is 3.24 bits per heavy atom. The zero-order valence-electron chi connectivity index (χ0n) is 13.6. The minimum atomic E-state index is -2.81. The van der Waals surface area contributed by atoms with Gasteiger partial charge in [-0.15, -0.1) is 0 Å². The number of imidazole rings is 1. The number of nitrogen functional groups attached to an aromatic ring is 1. The number of aromatic amines is 1. The summed E-state index contributed by atoms with van der Waals surface area (Å²) in [5.74, 6) is -0.167. The SMILES string of the molecule is [2H]C([2H])([2H])O[C@H]1C(O)[C@@H](CO)O[C@H]1n1cnc2c(=O)[nH]c(N)nc21. The highest BCUT2D eigenvalue weighted by Gasteiger charge is 2.45. The number of nitrogens with one attached hydrogen (secondary N) is 1. The van der Waals surface area contributed by atoms with E-state index in [-0.39, 0.29) is 17.1 Å². The predicted molar refractivity (Wildman–Crippen MR) is 70.4 cm³/mol. The average molecular weight is 300 g/mol. The zero-order chi connectivity index (χ0) is 17.6. The molecule has 0 spiro atoms. The molecule has 4 atom stereocenters. The van der Waals surface area contributed by atoms with E-state index in [1.54, 1.807) is 0 Å². The van der Waals surface area contributed by atoms with Gasteiger partial charge in [0.2, 0.25) is 5.95 Å². The van der Waals surface area contributed by atoms with Crippen LogP contribution in [0.3, 0.4) is 0 Å². The normalized spacial score (nSPS) is 32.0. The molecule has 0 aromatic carbocycles. The second-order valence-corrected chi connectivity index (χ2v) is 4.60. The molecule has 1 aliphatic rings. The van der Waals surface area contributed by atoms with E-state index in [9.17, 15) is 15.0 Å². The third kappa shape index (κ3) is 2.08. The standard InChI is InChI=1S/C11H15N5O5/c1-20-7-6(18)4(2-17)21-10(7)16-3-13-5-8(16)14-11(12)15-9(5)19/h3-4,6-7,10,17-18H,2H2,1H3,(H3,12,14,15,19)/t4-,6?,7+,10-/m1/s1/i1D3. The van der Waals surface area contributed by atoms with Crippen LogP contribution in [0.4, 0.5) is 5.95 Å². The van der Waals surface area contributed by atoms with Crippen molar-refractivity contribution >= 4 is 17.1 Å². The van der Waals surface area contributed by atoms with Crippen molar-refractivity contribution in [1.29, 1.82) is 0 Å². The van der Waals surface area contributed by atoms with Gasteiger partial charge in [-0.1, -0.05) is 0 Å². The predicted octanol–water partition coefficient (Wildman–Crippen LogP) is -2.03. The van der Waals surface area contributed by atoms with E-state index in [4.69, 9.17) is 19.3 Å². The number of nitrogens with zero attached hydrogens (tertiary/aromatic N) is 3. The van der Waals surface area contributed by atoms with Gasteiger partial charge in [-0.3, -0.25) is 14.3 Å². The van der Waals surface area contributed by atoms with Crippen LogP contribution in [0.25, 0.3) is 11.2 Å². The van der Waals surface area contributed by atoms with Crippen LogP contribution < -0.4 is 11.3 Å². The second kappa shape index (κ2) is 5.07. The van der Waals surface area contributed by atoms with Crippen LogP contribution in [-0.2, 0) is 9.47 Å². The molecule has 10 heteroatoms. The van der Waals surface area contributed by atoms with Gasteiger partial charge in [0.25, 0.3) is 5.56 Å². The van der Waals surface area contributed by atoms with Crippen LogP contribution in [0, 0.1) is 0 Å². The first kappa shape index (κ1) is 10.7. The summed E-state index contributed by atoms with van der Waals surface area (Å²) in [5.41, 5.74) is 4.92. The van der Waals surface area contributed by atoms with Crippen molar-refractivity contribution in [2.75, 3.05) is 19.4 Å². The molecule has 21 heavy (non-hydrogen) atoms. The molecule has 0 aliphatic carbocycles. The van der Waals surface area contributed by atoms with Crippen LogP contribution in [-0.4, -0.2) is 61.7 Å². The minimum Gasteiger partial charge on any atom is -0.394 e. The van der Waals surface area contributed by atoms with Gasteiger partial charge in [0.1, 0.15) is 18.3 Å². The number of anilines is 1. The van der Waals surface area contributed by atoms with E-state index in [0.717, 1.165) is 0 Å². The lowest BCUT2D eigenvalue weighted by molar-refractivity contribution is -0.0583. The van der Waals surface area contributed by atoms with Gasteiger partial charge in [-0.2, -0.15) is 4.98 Å². The smallest absolute Gasteiger partial charge is 0.280 e. The second-order valence-electron chi connectivity index (χ2n) is 4.60. The topological polar surface area (TPSA) is 149 Å². The number of hydrogen-bond acceptors (Lipinski definition) is 8. The Labute approximate surface area is 122 Å². The van der Waals surface area contributed by atoms with Crippen molar-refractivity contribution in [2.24, 2.45) is 0 Å². The fourth-order valence-electron chi connectivity index (χ4n) is 2.35. The van der Waals surface area contributed by atoms with E-state index in [0.29, 0.717) is 0 Å². The molecular formula is C11H15N5O5. The minimum absolute atomic E-state index is 0.0335. The number of hydrogen-bond donors (Lipinski definition) is 4. The number of ether oxygens (including phenoxy) is 2. The van der Waals surface area contributed by atoms with Gasteiger partial charge in [0.05, 0.1) is 17.0 Å². The lowest BCUT2D eigenvalue weighted by Crippen LogP contribution is -2.34. The molecule has 1 unspecified atom stereocenters. The number of rotatable bonds is 3. The molecule has 3 heterocycles. The zero-order valence-corrected chi connectivity index (χ0v) is 10.6. The van der Waals surface area contributed by atoms with Crippen molar-refractivity contribution in [3.05, 3.63) is 16.7 Å². The summed E-state index contributed by atoms with van der Waals surface area (Å²) >= 11 is 0. The van der Waals surface area contributed by atoms with Gasteiger partial charge in [0, 0.05) is 7.04 Å². The third-order valence-corrected chi connectivity index (χ3v) is 3.35. The van der Waals surface area contributed by atoms with Gasteiger partial charge in [0.15, 0.2) is 17.4 Å². The highest BCUT2D eigenvalue weighted by Crippen LogP contribution is 2.32. The Kier molecular flexibility index (Phi) is 2.58. The Hall–Kier alpha value is -2.01. The Morgan fingerprint density at radius 1 is 1.71 bits per heavy atom. The molecule has 5 N–H and O–H groups in total. The van der Waals surface area contributed by atoms with E-state index < -0.39 is 43.7 Å². The van der Waals surface area contributed by atoms with E-state index in [1.807, 2.05) is 0 Å². The largest absolute Gasteiger partial charge is 0.394 e. The molecule has 2 aromatic rings. The average Bonchev–Trinajstić information content (AvgIpc) is 3.00. The monoisotopic (exact) mass is 300 g/mol. The van der Waals surface area contributed by atoms with E-state index >= 15 is 0 Å². The first-order chi connectivity index (χ1) is 11.2. The number of methoxy groups -OCH3 is 1. The van der Waals surface area contributed by atoms with E-state index in [1.165, 1.54) is 10.9 Å². The molecule has 0 bridgehead atoms. The van der Waals surface area contributed by atoms with Gasteiger partial charge < -0.3 is 25.4 Å². The molecule has 0 saturated carbocycles. The molecule has 0 amide bonds. The molecule has 114 valence electrons. The van der Waals surface area contributed by atoms with Crippen LogP contribution in [0.1, 0.15) is 10.3 Å². The quantitative estimate of drug-likeness (QED) is 0.507. The van der Waals surface area contributed by atoms with Crippen molar-refractivity contribution < 1.29 is 23.8 Å². The lowest BCUT2D eigenvalue weighted by Gasteiger charge is -2.19. The molecule has 1 fully saturated rings. The number of fused-ring (bicyclic) bond motifs is 1.